The van der Waals surface area contributed by atoms with Crippen molar-refractivity contribution in [2.24, 2.45) is 0 Å². The number of nitrogens with zero attached hydrogens (tertiary/aromatic N) is 2. The number of hydrogen-bond donors (Lipinski definition) is 0. The third kappa shape index (κ3) is 2.54. The quantitative estimate of drug-likeness (QED) is 0.759. The van der Waals surface area contributed by atoms with E-state index in [9.17, 15) is 22.0 Å². The highest BCUT2D eigenvalue weighted by atomic mass is 19.4. The molecule has 0 aliphatic rings. The molecule has 0 saturated heterocycles. The summed E-state index contributed by atoms with van der Waals surface area (Å²) in [7, 11) is 0. The minimum absolute atomic E-state index is 0.102. The van der Waals surface area contributed by atoms with E-state index in [1.165, 1.54) is 0 Å². The third-order valence-corrected chi connectivity index (χ3v) is 2.78. The fraction of sp³-hybridized carbons (Fsp3) is 0.417. The van der Waals surface area contributed by atoms with Crippen molar-refractivity contribution in [1.29, 1.82) is 0 Å². The summed E-state index contributed by atoms with van der Waals surface area (Å²) in [5, 5.41) is 3.37. The topological polar surface area (TPSA) is 17.8 Å². The van der Waals surface area contributed by atoms with Crippen LogP contribution in [0, 0.1) is 11.6 Å². The Balaban J connectivity index is 2.63. The average Bonchev–Trinajstić information content (AvgIpc) is 2.58. The van der Waals surface area contributed by atoms with Gasteiger partial charge in [0.1, 0.15) is 18.2 Å². The van der Waals surface area contributed by atoms with Crippen LogP contribution in [0.1, 0.15) is 25.3 Å². The predicted molar refractivity (Wildman–Crippen MR) is 59.8 cm³/mol. The van der Waals surface area contributed by atoms with E-state index in [1.54, 1.807) is 13.8 Å². The molecule has 0 radical (unpaired) electrons. The lowest BCUT2D eigenvalue weighted by Gasteiger charge is -2.11. The average molecular weight is 278 g/mol. The SMILES string of the molecule is CC(C)c1c(F)cc2c(cnn2CC(F)(F)F)c1F. The van der Waals surface area contributed by atoms with Gasteiger partial charge in [0.15, 0.2) is 0 Å². The van der Waals surface area contributed by atoms with Gasteiger partial charge in [0.25, 0.3) is 0 Å². The van der Waals surface area contributed by atoms with Crippen molar-refractivity contribution in [3.63, 3.8) is 0 Å². The molecule has 0 spiro atoms. The van der Waals surface area contributed by atoms with Gasteiger partial charge >= 0.3 is 6.18 Å². The zero-order chi connectivity index (χ0) is 14.4. The van der Waals surface area contributed by atoms with Crippen LogP contribution in [0.4, 0.5) is 22.0 Å². The maximum absolute atomic E-state index is 14.1. The van der Waals surface area contributed by atoms with Gasteiger partial charge in [-0.3, -0.25) is 4.68 Å². The summed E-state index contributed by atoms with van der Waals surface area (Å²) in [6.07, 6.45) is -3.51. The van der Waals surface area contributed by atoms with Crippen LogP contribution in [0.2, 0.25) is 0 Å². The molecule has 104 valence electrons. The van der Waals surface area contributed by atoms with Gasteiger partial charge in [0.2, 0.25) is 0 Å². The van der Waals surface area contributed by atoms with Crippen LogP contribution in [0.3, 0.4) is 0 Å². The molecule has 2 aromatic rings. The second-order valence-corrected chi connectivity index (χ2v) is 4.59. The first-order valence-electron chi connectivity index (χ1n) is 5.61. The lowest BCUT2D eigenvalue weighted by molar-refractivity contribution is -0.141. The Bertz CT molecular complexity index is 613. The first-order chi connectivity index (χ1) is 8.70. The fourth-order valence-corrected chi connectivity index (χ4v) is 1.99. The molecule has 2 nitrogen and oxygen atoms in total. The first kappa shape index (κ1) is 13.8. The Labute approximate surface area is 105 Å². The Morgan fingerprint density at radius 1 is 1.26 bits per heavy atom. The number of aromatic nitrogens is 2. The molecule has 1 heterocycles. The summed E-state index contributed by atoms with van der Waals surface area (Å²) in [6, 6.07) is 0.895. The summed E-state index contributed by atoms with van der Waals surface area (Å²) in [5.41, 5.74) is -0.337. The number of benzene rings is 1. The summed E-state index contributed by atoms with van der Waals surface area (Å²) < 4.78 is 65.3. The minimum Gasteiger partial charge on any atom is -0.255 e. The van der Waals surface area contributed by atoms with Gasteiger partial charge in [-0.15, -0.1) is 0 Å². The number of halogens is 5. The van der Waals surface area contributed by atoms with E-state index in [0.717, 1.165) is 12.3 Å². The number of rotatable bonds is 2. The molecule has 1 aromatic carbocycles. The van der Waals surface area contributed by atoms with Crippen LogP contribution < -0.4 is 0 Å². The minimum atomic E-state index is -4.50. The van der Waals surface area contributed by atoms with E-state index in [2.05, 4.69) is 5.10 Å². The summed E-state index contributed by atoms with van der Waals surface area (Å²) in [6.45, 7) is 1.83. The van der Waals surface area contributed by atoms with Crippen molar-refractivity contribution in [3.8, 4) is 0 Å². The Morgan fingerprint density at radius 2 is 1.89 bits per heavy atom. The van der Waals surface area contributed by atoms with Crippen LogP contribution >= 0.6 is 0 Å². The normalized spacial score (nSPS) is 12.6. The molecule has 0 atom stereocenters. The van der Waals surface area contributed by atoms with Gasteiger partial charge in [-0.1, -0.05) is 13.8 Å². The van der Waals surface area contributed by atoms with Crippen LogP contribution in [0.15, 0.2) is 12.3 Å². The molecular weight excluding hydrogens is 267 g/mol. The zero-order valence-corrected chi connectivity index (χ0v) is 10.2. The van der Waals surface area contributed by atoms with Crippen LogP contribution in [-0.2, 0) is 6.54 Å². The smallest absolute Gasteiger partial charge is 0.255 e. The van der Waals surface area contributed by atoms with E-state index in [0.29, 0.717) is 4.68 Å². The molecule has 0 aliphatic heterocycles. The highest BCUT2D eigenvalue weighted by Gasteiger charge is 2.30. The van der Waals surface area contributed by atoms with Gasteiger partial charge < -0.3 is 0 Å². The standard InChI is InChI=1S/C12H11F5N2/c1-6(2)10-8(13)3-9-7(11(10)14)4-18-19(9)5-12(15,16)17/h3-4,6H,5H2,1-2H3. The molecule has 0 saturated carbocycles. The molecule has 0 fully saturated rings. The van der Waals surface area contributed by atoms with Crippen LogP contribution in [0.5, 0.6) is 0 Å². The molecule has 0 aliphatic carbocycles. The molecule has 0 bridgehead atoms. The molecule has 0 unspecified atom stereocenters. The Kier molecular flexibility index (Phi) is 3.24. The Morgan fingerprint density at radius 3 is 2.42 bits per heavy atom. The van der Waals surface area contributed by atoms with Crippen molar-refractivity contribution >= 4 is 10.9 Å². The lowest BCUT2D eigenvalue weighted by atomic mass is 10.00. The molecule has 2 rings (SSSR count). The van der Waals surface area contributed by atoms with Crippen molar-refractivity contribution in [3.05, 3.63) is 29.5 Å². The Hall–Kier alpha value is -1.66. The van der Waals surface area contributed by atoms with E-state index in [4.69, 9.17) is 0 Å². The van der Waals surface area contributed by atoms with Gasteiger partial charge in [0.05, 0.1) is 17.1 Å². The van der Waals surface area contributed by atoms with E-state index >= 15 is 0 Å². The zero-order valence-electron chi connectivity index (χ0n) is 10.2. The third-order valence-electron chi connectivity index (χ3n) is 2.78. The number of alkyl halides is 3. The molecule has 0 N–H and O–H groups in total. The largest absolute Gasteiger partial charge is 0.408 e. The second kappa shape index (κ2) is 4.47. The van der Waals surface area contributed by atoms with Crippen molar-refractivity contribution < 1.29 is 22.0 Å². The molecule has 1 aromatic heterocycles. The number of fused-ring (bicyclic) bond motifs is 1. The summed E-state index contributed by atoms with van der Waals surface area (Å²) in [5.74, 6) is -2.11. The monoisotopic (exact) mass is 278 g/mol. The molecule has 0 amide bonds. The fourth-order valence-electron chi connectivity index (χ4n) is 1.99. The lowest BCUT2D eigenvalue weighted by Crippen LogP contribution is -2.18. The van der Waals surface area contributed by atoms with Crippen molar-refractivity contribution in [2.45, 2.75) is 32.5 Å². The van der Waals surface area contributed by atoms with E-state index in [1.807, 2.05) is 0 Å². The predicted octanol–water partition coefficient (Wildman–Crippen LogP) is 4.00. The highest BCUT2D eigenvalue weighted by molar-refractivity contribution is 5.80. The molecule has 7 heteroatoms. The highest BCUT2D eigenvalue weighted by Crippen LogP contribution is 2.30. The van der Waals surface area contributed by atoms with E-state index < -0.39 is 30.3 Å². The van der Waals surface area contributed by atoms with E-state index in [-0.39, 0.29) is 16.5 Å². The second-order valence-electron chi connectivity index (χ2n) is 4.59. The van der Waals surface area contributed by atoms with Gasteiger partial charge in [-0.25, -0.2) is 8.78 Å². The maximum Gasteiger partial charge on any atom is 0.408 e. The van der Waals surface area contributed by atoms with Crippen LogP contribution in [-0.4, -0.2) is 16.0 Å². The summed E-state index contributed by atoms with van der Waals surface area (Å²) in [4.78, 5) is 0. The summed E-state index contributed by atoms with van der Waals surface area (Å²) >= 11 is 0. The van der Waals surface area contributed by atoms with Crippen molar-refractivity contribution in [2.75, 3.05) is 0 Å². The maximum atomic E-state index is 14.1. The number of hydrogen-bond acceptors (Lipinski definition) is 1. The van der Waals surface area contributed by atoms with Crippen molar-refractivity contribution in [1.82, 2.24) is 9.78 Å². The molecular formula is C12H11F5N2. The van der Waals surface area contributed by atoms with Gasteiger partial charge in [0, 0.05) is 11.6 Å². The molecule has 19 heavy (non-hydrogen) atoms. The first-order valence-corrected chi connectivity index (χ1v) is 5.61. The van der Waals surface area contributed by atoms with Crippen LogP contribution in [0.25, 0.3) is 10.9 Å². The van der Waals surface area contributed by atoms with Gasteiger partial charge in [-0.2, -0.15) is 18.3 Å². The van der Waals surface area contributed by atoms with Gasteiger partial charge in [-0.05, 0) is 5.92 Å².